The van der Waals surface area contributed by atoms with Crippen LogP contribution in [0.3, 0.4) is 0 Å². The van der Waals surface area contributed by atoms with E-state index >= 15 is 0 Å². The van der Waals surface area contributed by atoms with Crippen molar-refractivity contribution in [2.24, 2.45) is 0 Å². The van der Waals surface area contributed by atoms with Gasteiger partial charge in [0.1, 0.15) is 0 Å². The third-order valence-electron chi connectivity index (χ3n) is 2.75. The third-order valence-corrected chi connectivity index (χ3v) is 2.75. The summed E-state index contributed by atoms with van der Waals surface area (Å²) in [5, 5.41) is 2.69. The van der Waals surface area contributed by atoms with E-state index in [9.17, 15) is 18.0 Å². The molecule has 112 valence electrons. The Labute approximate surface area is 116 Å². The molecule has 0 aliphatic heterocycles. The molecule has 1 aromatic rings. The van der Waals surface area contributed by atoms with Gasteiger partial charge in [-0.15, -0.1) is 0 Å². The molecular formula is C14H19F3N2O. The molecule has 0 aliphatic carbocycles. The Bertz CT molecular complexity index is 446. The minimum absolute atomic E-state index is 0.0756. The second-order valence-corrected chi connectivity index (χ2v) is 4.68. The van der Waals surface area contributed by atoms with Crippen LogP contribution in [0.2, 0.25) is 0 Å². The molecule has 0 saturated heterocycles. The van der Waals surface area contributed by atoms with Crippen molar-refractivity contribution in [1.82, 2.24) is 10.2 Å². The first kappa shape index (κ1) is 16.5. The number of likely N-dealkylation sites (N-methyl/N-ethyl adjacent to an activating group) is 1. The minimum atomic E-state index is -4.37. The van der Waals surface area contributed by atoms with Crippen molar-refractivity contribution in [3.8, 4) is 0 Å². The lowest BCUT2D eigenvalue weighted by Crippen LogP contribution is -2.35. The first-order valence-corrected chi connectivity index (χ1v) is 6.45. The number of carbonyl (C=O) groups is 1. The van der Waals surface area contributed by atoms with Gasteiger partial charge in [0, 0.05) is 13.1 Å². The molecule has 3 nitrogen and oxygen atoms in total. The van der Waals surface area contributed by atoms with Crippen LogP contribution in [-0.2, 0) is 17.5 Å². The van der Waals surface area contributed by atoms with Gasteiger partial charge < -0.3 is 5.32 Å². The van der Waals surface area contributed by atoms with E-state index in [0.717, 1.165) is 12.5 Å². The van der Waals surface area contributed by atoms with E-state index in [-0.39, 0.29) is 24.6 Å². The largest absolute Gasteiger partial charge is 0.416 e. The van der Waals surface area contributed by atoms with E-state index in [0.29, 0.717) is 6.54 Å². The molecule has 1 rings (SSSR count). The SMILES string of the molecule is CCCNC(=O)CN(C)Cc1ccccc1C(F)(F)F. The molecule has 6 heteroatoms. The highest BCUT2D eigenvalue weighted by Crippen LogP contribution is 2.32. The van der Waals surface area contributed by atoms with Crippen molar-refractivity contribution in [2.45, 2.75) is 26.1 Å². The minimum Gasteiger partial charge on any atom is -0.355 e. The van der Waals surface area contributed by atoms with Crippen molar-refractivity contribution in [2.75, 3.05) is 20.1 Å². The highest BCUT2D eigenvalue weighted by molar-refractivity contribution is 5.77. The summed E-state index contributed by atoms with van der Waals surface area (Å²) in [4.78, 5) is 13.1. The van der Waals surface area contributed by atoms with E-state index in [1.54, 1.807) is 18.0 Å². The number of halogens is 3. The maximum atomic E-state index is 12.8. The summed E-state index contributed by atoms with van der Waals surface area (Å²) in [6, 6.07) is 5.42. The molecule has 0 saturated carbocycles. The molecule has 0 radical (unpaired) electrons. The molecule has 0 aliphatic rings. The molecule has 0 unspecified atom stereocenters. The summed E-state index contributed by atoms with van der Waals surface area (Å²) in [5.41, 5.74) is -0.480. The van der Waals surface area contributed by atoms with Crippen LogP contribution in [-0.4, -0.2) is 30.9 Å². The fourth-order valence-corrected chi connectivity index (χ4v) is 1.85. The van der Waals surface area contributed by atoms with Crippen molar-refractivity contribution >= 4 is 5.91 Å². The van der Waals surface area contributed by atoms with Crippen molar-refractivity contribution < 1.29 is 18.0 Å². The molecule has 1 N–H and O–H groups in total. The number of nitrogens with one attached hydrogen (secondary N) is 1. The molecular weight excluding hydrogens is 269 g/mol. The summed E-state index contributed by atoms with van der Waals surface area (Å²) in [6.45, 7) is 2.66. The quantitative estimate of drug-likeness (QED) is 0.873. The lowest BCUT2D eigenvalue weighted by atomic mass is 10.1. The Morgan fingerprint density at radius 2 is 1.95 bits per heavy atom. The number of nitrogens with zero attached hydrogens (tertiary/aromatic N) is 1. The Morgan fingerprint density at radius 1 is 1.30 bits per heavy atom. The van der Waals surface area contributed by atoms with E-state index in [2.05, 4.69) is 5.32 Å². The molecule has 0 fully saturated rings. The monoisotopic (exact) mass is 288 g/mol. The molecule has 0 atom stereocenters. The van der Waals surface area contributed by atoms with E-state index in [1.165, 1.54) is 12.1 Å². The number of benzene rings is 1. The van der Waals surface area contributed by atoms with Crippen LogP contribution in [0.1, 0.15) is 24.5 Å². The van der Waals surface area contributed by atoms with Gasteiger partial charge in [-0.3, -0.25) is 9.69 Å². The maximum absolute atomic E-state index is 12.8. The van der Waals surface area contributed by atoms with Crippen LogP contribution in [0.5, 0.6) is 0 Å². The standard InChI is InChI=1S/C14H19F3N2O/c1-3-8-18-13(20)10-19(2)9-11-6-4-5-7-12(11)14(15,16)17/h4-7H,3,8-10H2,1-2H3,(H,18,20). The first-order valence-electron chi connectivity index (χ1n) is 6.45. The Balaban J connectivity index is 2.67. The Hall–Kier alpha value is -1.56. The van der Waals surface area contributed by atoms with Gasteiger partial charge in [0.15, 0.2) is 0 Å². The van der Waals surface area contributed by atoms with Gasteiger partial charge in [-0.25, -0.2) is 0 Å². The van der Waals surface area contributed by atoms with Gasteiger partial charge in [-0.2, -0.15) is 13.2 Å². The molecule has 20 heavy (non-hydrogen) atoms. The molecule has 0 spiro atoms. The van der Waals surface area contributed by atoms with Crippen LogP contribution in [0.15, 0.2) is 24.3 Å². The van der Waals surface area contributed by atoms with Gasteiger partial charge in [0.05, 0.1) is 12.1 Å². The molecule has 0 bridgehead atoms. The number of hydrogen-bond donors (Lipinski definition) is 1. The summed E-state index contributed by atoms with van der Waals surface area (Å²) in [6.07, 6.45) is -3.55. The predicted octanol–water partition coefficient (Wildman–Crippen LogP) is 2.66. The summed E-state index contributed by atoms with van der Waals surface area (Å²) < 4.78 is 38.5. The number of amides is 1. The van der Waals surface area contributed by atoms with Crippen LogP contribution in [0.4, 0.5) is 13.2 Å². The van der Waals surface area contributed by atoms with Gasteiger partial charge in [-0.05, 0) is 25.1 Å². The van der Waals surface area contributed by atoms with E-state index < -0.39 is 11.7 Å². The Kier molecular flexibility index (Phi) is 6.01. The van der Waals surface area contributed by atoms with Crippen molar-refractivity contribution in [3.63, 3.8) is 0 Å². The highest BCUT2D eigenvalue weighted by atomic mass is 19.4. The molecule has 0 aromatic heterocycles. The van der Waals surface area contributed by atoms with Crippen LogP contribution >= 0.6 is 0 Å². The lowest BCUT2D eigenvalue weighted by Gasteiger charge is -2.19. The van der Waals surface area contributed by atoms with Crippen LogP contribution in [0, 0.1) is 0 Å². The van der Waals surface area contributed by atoms with Gasteiger partial charge >= 0.3 is 6.18 Å². The highest BCUT2D eigenvalue weighted by Gasteiger charge is 2.33. The normalized spacial score (nSPS) is 11.7. The number of alkyl halides is 3. The zero-order valence-corrected chi connectivity index (χ0v) is 11.6. The van der Waals surface area contributed by atoms with E-state index in [4.69, 9.17) is 0 Å². The average Bonchev–Trinajstić information content (AvgIpc) is 2.35. The van der Waals surface area contributed by atoms with Crippen molar-refractivity contribution in [1.29, 1.82) is 0 Å². The first-order chi connectivity index (χ1) is 9.34. The summed E-state index contributed by atoms with van der Waals surface area (Å²) >= 11 is 0. The average molecular weight is 288 g/mol. The maximum Gasteiger partial charge on any atom is 0.416 e. The molecule has 1 amide bonds. The van der Waals surface area contributed by atoms with E-state index in [1.807, 2.05) is 6.92 Å². The van der Waals surface area contributed by atoms with Crippen molar-refractivity contribution in [3.05, 3.63) is 35.4 Å². The third kappa shape index (κ3) is 5.21. The second kappa shape index (κ2) is 7.28. The smallest absolute Gasteiger partial charge is 0.355 e. The Morgan fingerprint density at radius 3 is 2.55 bits per heavy atom. The summed E-state index contributed by atoms with van der Waals surface area (Å²) in [7, 11) is 1.62. The number of carbonyl (C=O) groups excluding carboxylic acids is 1. The predicted molar refractivity (Wildman–Crippen MR) is 71.1 cm³/mol. The van der Waals surface area contributed by atoms with Crippen LogP contribution in [0.25, 0.3) is 0 Å². The van der Waals surface area contributed by atoms with Gasteiger partial charge in [-0.1, -0.05) is 25.1 Å². The summed E-state index contributed by atoms with van der Waals surface area (Å²) in [5.74, 6) is -0.182. The zero-order valence-electron chi connectivity index (χ0n) is 11.6. The fraction of sp³-hybridized carbons (Fsp3) is 0.500. The van der Waals surface area contributed by atoms with Crippen LogP contribution < -0.4 is 5.32 Å². The lowest BCUT2D eigenvalue weighted by molar-refractivity contribution is -0.138. The molecule has 0 heterocycles. The van der Waals surface area contributed by atoms with Gasteiger partial charge in [0.25, 0.3) is 0 Å². The number of hydrogen-bond acceptors (Lipinski definition) is 2. The van der Waals surface area contributed by atoms with Gasteiger partial charge in [0.2, 0.25) is 5.91 Å². The topological polar surface area (TPSA) is 32.3 Å². The second-order valence-electron chi connectivity index (χ2n) is 4.68. The zero-order chi connectivity index (χ0) is 15.2. The molecule has 1 aromatic carbocycles. The number of rotatable bonds is 6. The fourth-order valence-electron chi connectivity index (χ4n) is 1.85.